The summed E-state index contributed by atoms with van der Waals surface area (Å²) in [6, 6.07) is 26.0. The van der Waals surface area contributed by atoms with Crippen molar-refractivity contribution in [3.8, 4) is 0 Å². The quantitative estimate of drug-likeness (QED) is 0.110. The topological polar surface area (TPSA) is 138 Å². The van der Waals surface area contributed by atoms with E-state index in [0.29, 0.717) is 34.8 Å². The Kier molecular flexibility index (Phi) is 10.9. The minimum atomic E-state index is -0.602. The standard InChI is InChI=1S/C37H40N6O4S/c1-23(2)29-17-16-28-33(41-29)38-22-39-34(28)42-31-21-25(35(45)43-30(19-20-44)24-9-7-6-8-10-24)11-18-32(31)48-27-14-12-26(13-15-27)40-36(46)47-37(3,4)5/h6-18,21-23,30,44H,19-20H2,1-5H3,(H,40,46)(H,43,45)(H,38,39,41,42)/t30-/m1/s1. The maximum Gasteiger partial charge on any atom is 0.412 e. The molecule has 1 atom stereocenters. The fraction of sp³-hybridized carbons (Fsp3) is 0.270. The van der Waals surface area contributed by atoms with E-state index in [1.807, 2.05) is 93.6 Å². The molecule has 248 valence electrons. The number of anilines is 3. The van der Waals surface area contributed by atoms with Crippen LogP contribution in [0.4, 0.5) is 22.0 Å². The van der Waals surface area contributed by atoms with Crippen molar-refractivity contribution in [3.63, 3.8) is 0 Å². The lowest BCUT2D eigenvalue weighted by Crippen LogP contribution is -2.29. The van der Waals surface area contributed by atoms with Gasteiger partial charge in [-0.15, -0.1) is 0 Å². The monoisotopic (exact) mass is 664 g/mol. The van der Waals surface area contributed by atoms with Crippen molar-refractivity contribution in [2.75, 3.05) is 17.2 Å². The number of nitrogens with one attached hydrogen (secondary N) is 3. The lowest BCUT2D eigenvalue weighted by atomic mass is 10.0. The lowest BCUT2D eigenvalue weighted by Gasteiger charge is -2.20. The molecule has 2 heterocycles. The molecule has 2 amide bonds. The highest BCUT2D eigenvalue weighted by molar-refractivity contribution is 7.99. The van der Waals surface area contributed by atoms with Crippen LogP contribution < -0.4 is 16.0 Å². The first-order valence-corrected chi connectivity index (χ1v) is 16.6. The van der Waals surface area contributed by atoms with E-state index in [9.17, 15) is 14.7 Å². The fourth-order valence-electron chi connectivity index (χ4n) is 4.90. The van der Waals surface area contributed by atoms with Gasteiger partial charge >= 0.3 is 6.09 Å². The fourth-order valence-corrected chi connectivity index (χ4v) is 5.78. The second-order valence-electron chi connectivity index (χ2n) is 12.5. The summed E-state index contributed by atoms with van der Waals surface area (Å²) in [5.74, 6) is 0.530. The zero-order valence-electron chi connectivity index (χ0n) is 27.7. The summed E-state index contributed by atoms with van der Waals surface area (Å²) >= 11 is 1.49. The number of benzene rings is 3. The van der Waals surface area contributed by atoms with E-state index in [4.69, 9.17) is 9.72 Å². The number of nitrogens with zero attached hydrogens (tertiary/aromatic N) is 3. The van der Waals surface area contributed by atoms with Crippen LogP contribution in [-0.4, -0.2) is 44.3 Å². The van der Waals surface area contributed by atoms with Crippen LogP contribution in [-0.2, 0) is 4.74 Å². The Hall–Kier alpha value is -5.00. The molecule has 0 aliphatic carbocycles. The predicted octanol–water partition coefficient (Wildman–Crippen LogP) is 8.24. The lowest BCUT2D eigenvalue weighted by molar-refractivity contribution is 0.0635. The first-order chi connectivity index (χ1) is 23.0. The molecular weight excluding hydrogens is 625 g/mol. The van der Waals surface area contributed by atoms with Crippen molar-refractivity contribution in [2.24, 2.45) is 0 Å². The van der Waals surface area contributed by atoms with E-state index in [2.05, 4.69) is 39.8 Å². The summed E-state index contributed by atoms with van der Waals surface area (Å²) in [6.45, 7) is 9.53. The van der Waals surface area contributed by atoms with Crippen molar-refractivity contribution >= 4 is 52.0 Å². The molecule has 48 heavy (non-hydrogen) atoms. The summed E-state index contributed by atoms with van der Waals surface area (Å²) in [6.07, 6.45) is 1.33. The van der Waals surface area contributed by atoms with E-state index in [0.717, 1.165) is 26.4 Å². The smallest absolute Gasteiger partial charge is 0.412 e. The van der Waals surface area contributed by atoms with Crippen LogP contribution in [0.25, 0.3) is 11.0 Å². The predicted molar refractivity (Wildman–Crippen MR) is 190 cm³/mol. The molecule has 5 aromatic rings. The maximum absolute atomic E-state index is 13.6. The van der Waals surface area contributed by atoms with E-state index >= 15 is 0 Å². The highest BCUT2D eigenvalue weighted by Gasteiger charge is 2.19. The summed E-state index contributed by atoms with van der Waals surface area (Å²) < 4.78 is 5.36. The van der Waals surface area contributed by atoms with Crippen LogP contribution in [0, 0.1) is 0 Å². The Balaban J connectivity index is 1.45. The molecule has 3 aromatic carbocycles. The van der Waals surface area contributed by atoms with Gasteiger partial charge in [0.25, 0.3) is 5.91 Å². The molecule has 0 radical (unpaired) electrons. The Morgan fingerprint density at radius 2 is 1.69 bits per heavy atom. The van der Waals surface area contributed by atoms with Crippen LogP contribution >= 0.6 is 11.8 Å². The number of hydrogen-bond donors (Lipinski definition) is 4. The Morgan fingerprint density at radius 3 is 2.38 bits per heavy atom. The van der Waals surface area contributed by atoms with Gasteiger partial charge in [-0.2, -0.15) is 0 Å². The third-order valence-electron chi connectivity index (χ3n) is 7.26. The molecule has 0 aliphatic rings. The number of amides is 2. The summed E-state index contributed by atoms with van der Waals surface area (Å²) in [7, 11) is 0. The molecule has 0 spiro atoms. The molecule has 0 aliphatic heterocycles. The Morgan fingerprint density at radius 1 is 0.938 bits per heavy atom. The number of carbonyl (C=O) groups excluding carboxylic acids is 2. The van der Waals surface area contributed by atoms with Gasteiger partial charge in [0.15, 0.2) is 5.65 Å². The van der Waals surface area contributed by atoms with E-state index < -0.39 is 11.7 Å². The number of fused-ring (bicyclic) bond motifs is 1. The van der Waals surface area contributed by atoms with Crippen LogP contribution in [0.15, 0.2) is 101 Å². The van der Waals surface area contributed by atoms with Gasteiger partial charge in [0, 0.05) is 33.3 Å². The highest BCUT2D eigenvalue weighted by Crippen LogP contribution is 2.37. The van der Waals surface area contributed by atoms with Crippen LogP contribution in [0.5, 0.6) is 0 Å². The molecule has 0 saturated heterocycles. The van der Waals surface area contributed by atoms with Gasteiger partial charge in [0.1, 0.15) is 17.7 Å². The number of aromatic nitrogens is 3. The van der Waals surface area contributed by atoms with Gasteiger partial charge in [0.2, 0.25) is 0 Å². The number of aliphatic hydroxyl groups is 1. The van der Waals surface area contributed by atoms with Crippen molar-refractivity contribution in [3.05, 3.63) is 108 Å². The normalized spacial score (nSPS) is 12.1. The molecule has 0 unspecified atom stereocenters. The van der Waals surface area contributed by atoms with Crippen molar-refractivity contribution in [1.29, 1.82) is 0 Å². The number of carbonyl (C=O) groups is 2. The Bertz CT molecular complexity index is 1880. The second kappa shape index (κ2) is 15.3. The van der Waals surface area contributed by atoms with Crippen molar-refractivity contribution in [2.45, 2.75) is 68.4 Å². The zero-order valence-corrected chi connectivity index (χ0v) is 28.5. The molecule has 5 rings (SSSR count). The second-order valence-corrected chi connectivity index (χ2v) is 13.6. The first kappa shape index (κ1) is 34.3. The molecule has 10 nitrogen and oxygen atoms in total. The number of pyridine rings is 1. The third-order valence-corrected chi connectivity index (χ3v) is 8.34. The summed E-state index contributed by atoms with van der Waals surface area (Å²) in [5, 5.41) is 19.7. The van der Waals surface area contributed by atoms with Gasteiger partial charge in [-0.3, -0.25) is 10.1 Å². The number of rotatable bonds is 11. The molecule has 11 heteroatoms. The van der Waals surface area contributed by atoms with Gasteiger partial charge < -0.3 is 20.5 Å². The molecule has 0 saturated carbocycles. The van der Waals surface area contributed by atoms with Crippen molar-refractivity contribution < 1.29 is 19.4 Å². The first-order valence-electron chi connectivity index (χ1n) is 15.8. The number of hydrogen-bond acceptors (Lipinski definition) is 9. The largest absolute Gasteiger partial charge is 0.444 e. The van der Waals surface area contributed by atoms with Gasteiger partial charge in [-0.05, 0) is 93.3 Å². The summed E-state index contributed by atoms with van der Waals surface area (Å²) in [4.78, 5) is 41.2. The van der Waals surface area contributed by atoms with Crippen LogP contribution in [0.1, 0.15) is 74.6 Å². The third kappa shape index (κ3) is 9.08. The number of ether oxygens (including phenoxy) is 1. The average molecular weight is 665 g/mol. The molecule has 4 N–H and O–H groups in total. The summed E-state index contributed by atoms with van der Waals surface area (Å²) in [5.41, 5.74) is 3.53. The minimum absolute atomic E-state index is 0.0678. The number of aliphatic hydroxyl groups excluding tert-OH is 1. The van der Waals surface area contributed by atoms with E-state index in [1.165, 1.54) is 18.1 Å². The molecular formula is C37H40N6O4S. The molecule has 2 aromatic heterocycles. The van der Waals surface area contributed by atoms with Gasteiger partial charge in [-0.1, -0.05) is 55.9 Å². The highest BCUT2D eigenvalue weighted by atomic mass is 32.2. The molecule has 0 bridgehead atoms. The average Bonchev–Trinajstić information content (AvgIpc) is 3.05. The van der Waals surface area contributed by atoms with E-state index in [1.54, 1.807) is 12.1 Å². The minimum Gasteiger partial charge on any atom is -0.444 e. The van der Waals surface area contributed by atoms with Gasteiger partial charge in [0.05, 0.1) is 17.1 Å². The SMILES string of the molecule is CC(C)c1ccc2c(Nc3cc(C(=O)N[C@H](CCO)c4ccccc4)ccc3Sc3ccc(NC(=O)OC(C)(C)C)cc3)ncnc2n1. The maximum atomic E-state index is 13.6. The zero-order chi connectivity index (χ0) is 34.3. The van der Waals surface area contributed by atoms with Crippen LogP contribution in [0.2, 0.25) is 0 Å². The van der Waals surface area contributed by atoms with E-state index in [-0.39, 0.29) is 24.5 Å². The van der Waals surface area contributed by atoms with Gasteiger partial charge in [-0.25, -0.2) is 19.7 Å². The molecule has 0 fully saturated rings. The Labute approximate surface area is 284 Å². The van der Waals surface area contributed by atoms with Crippen molar-refractivity contribution in [1.82, 2.24) is 20.3 Å². The van der Waals surface area contributed by atoms with Crippen LogP contribution in [0.3, 0.4) is 0 Å².